The van der Waals surface area contributed by atoms with Gasteiger partial charge in [0.15, 0.2) is 5.78 Å². The Morgan fingerprint density at radius 3 is 2.87 bits per heavy atom. The topological polar surface area (TPSA) is 93.8 Å². The molecule has 0 amide bonds. The first kappa shape index (κ1) is 9.45. The van der Waals surface area contributed by atoms with E-state index >= 15 is 0 Å². The van der Waals surface area contributed by atoms with Gasteiger partial charge < -0.3 is 10.3 Å². The van der Waals surface area contributed by atoms with Gasteiger partial charge in [-0.05, 0) is 6.92 Å². The van der Waals surface area contributed by atoms with E-state index in [1.54, 1.807) is 17.8 Å². The first-order chi connectivity index (χ1) is 7.00. The van der Waals surface area contributed by atoms with Crippen LogP contribution in [0.3, 0.4) is 0 Å². The highest BCUT2D eigenvalue weighted by Gasteiger charge is 2.15. The Morgan fingerprint density at radius 1 is 1.60 bits per heavy atom. The molecule has 0 aliphatic rings. The van der Waals surface area contributed by atoms with Gasteiger partial charge >= 0.3 is 0 Å². The number of rotatable bonds is 1. The fraction of sp³-hybridized carbons (Fsp3) is 0.222. The molecule has 6 nitrogen and oxygen atoms in total. The minimum absolute atomic E-state index is 0.0452. The number of aryl methyl sites for hydroxylation is 1. The molecule has 6 heteroatoms. The molecule has 0 bridgehead atoms. The summed E-state index contributed by atoms with van der Waals surface area (Å²) in [6.07, 6.45) is 1.58. The molecule has 3 N–H and O–H groups in total. The maximum Gasteiger partial charge on any atom is 0.262 e. The molecular weight excluding hydrogens is 196 g/mol. The van der Waals surface area contributed by atoms with E-state index in [9.17, 15) is 9.59 Å². The summed E-state index contributed by atoms with van der Waals surface area (Å²) in [6, 6.07) is 0. The van der Waals surface area contributed by atoms with E-state index in [0.717, 1.165) is 0 Å². The van der Waals surface area contributed by atoms with Gasteiger partial charge in [0.05, 0.1) is 10.9 Å². The Bertz CT molecular complexity index is 608. The Labute approximate surface area is 84.7 Å². The number of nitrogens with two attached hydrogens (primary N) is 1. The first-order valence-electron chi connectivity index (χ1n) is 4.36. The molecule has 78 valence electrons. The number of nitrogen functional groups attached to an aromatic ring is 1. The summed E-state index contributed by atoms with van der Waals surface area (Å²) in [4.78, 5) is 29.2. The van der Waals surface area contributed by atoms with Crippen molar-refractivity contribution < 1.29 is 4.79 Å². The number of H-pyrrole nitrogens is 1. The number of Topliss-reactive ketones (excluding diaryl/α,β-unsaturated/α-hetero) is 1. The number of aromatic nitrogens is 3. The zero-order valence-electron chi connectivity index (χ0n) is 8.37. The van der Waals surface area contributed by atoms with Crippen LogP contribution in [0.2, 0.25) is 0 Å². The van der Waals surface area contributed by atoms with Crippen LogP contribution in [-0.2, 0) is 7.05 Å². The number of anilines is 1. The van der Waals surface area contributed by atoms with Gasteiger partial charge in [-0.15, -0.1) is 0 Å². The molecular formula is C9H10N4O2. The van der Waals surface area contributed by atoms with Gasteiger partial charge in [-0.3, -0.25) is 14.6 Å². The van der Waals surface area contributed by atoms with Crippen molar-refractivity contribution in [3.05, 3.63) is 22.1 Å². The van der Waals surface area contributed by atoms with Gasteiger partial charge in [0, 0.05) is 13.2 Å². The van der Waals surface area contributed by atoms with Crippen LogP contribution in [0.4, 0.5) is 5.95 Å². The average molecular weight is 206 g/mol. The number of carbonyl (C=O) groups excluding carboxylic acids is 1. The van der Waals surface area contributed by atoms with Crippen molar-refractivity contribution in [2.45, 2.75) is 6.92 Å². The van der Waals surface area contributed by atoms with Gasteiger partial charge in [0.2, 0.25) is 5.95 Å². The summed E-state index contributed by atoms with van der Waals surface area (Å²) >= 11 is 0. The van der Waals surface area contributed by atoms with E-state index in [1.165, 1.54) is 6.92 Å². The van der Waals surface area contributed by atoms with Crippen molar-refractivity contribution in [2.75, 3.05) is 5.73 Å². The van der Waals surface area contributed by atoms with Gasteiger partial charge in [0.1, 0.15) is 5.65 Å². The number of aromatic amines is 1. The number of hydrogen-bond acceptors (Lipinski definition) is 4. The quantitative estimate of drug-likeness (QED) is 0.644. The van der Waals surface area contributed by atoms with E-state index < -0.39 is 0 Å². The number of ketones is 1. The highest BCUT2D eigenvalue weighted by molar-refractivity contribution is 6.05. The second-order valence-electron chi connectivity index (χ2n) is 3.36. The highest BCUT2D eigenvalue weighted by Crippen LogP contribution is 2.15. The largest absolute Gasteiger partial charge is 0.369 e. The number of fused-ring (bicyclic) bond motifs is 1. The number of nitrogens with zero attached hydrogens (tertiary/aromatic N) is 2. The zero-order valence-corrected chi connectivity index (χ0v) is 8.37. The lowest BCUT2D eigenvalue weighted by atomic mass is 10.2. The molecule has 0 spiro atoms. The fourth-order valence-corrected chi connectivity index (χ4v) is 1.56. The van der Waals surface area contributed by atoms with Crippen molar-refractivity contribution in [3.8, 4) is 0 Å². The average Bonchev–Trinajstić information content (AvgIpc) is 2.44. The lowest BCUT2D eigenvalue weighted by Crippen LogP contribution is -2.12. The van der Waals surface area contributed by atoms with Crippen LogP contribution in [0, 0.1) is 0 Å². The lowest BCUT2D eigenvalue weighted by molar-refractivity contribution is 0.101. The predicted molar refractivity (Wildman–Crippen MR) is 55.8 cm³/mol. The molecule has 0 atom stereocenters. The molecule has 0 saturated heterocycles. The smallest absolute Gasteiger partial charge is 0.262 e. The molecule has 0 fully saturated rings. The summed E-state index contributed by atoms with van der Waals surface area (Å²) < 4.78 is 1.61. The number of carbonyl (C=O) groups is 1. The van der Waals surface area contributed by atoms with E-state index in [1.807, 2.05) is 0 Å². The van der Waals surface area contributed by atoms with Crippen LogP contribution in [-0.4, -0.2) is 20.3 Å². The van der Waals surface area contributed by atoms with Crippen LogP contribution in [0.25, 0.3) is 11.0 Å². The molecule has 0 aromatic carbocycles. The standard InChI is InChI=1S/C9H10N4O2/c1-4(14)5-3-13(2)7-6(5)8(15)12-9(10)11-7/h3H,1-2H3,(H3,10,11,12,15). The van der Waals surface area contributed by atoms with Gasteiger partial charge in [-0.1, -0.05) is 0 Å². The molecule has 0 radical (unpaired) electrons. The normalized spacial score (nSPS) is 10.8. The minimum Gasteiger partial charge on any atom is -0.369 e. The van der Waals surface area contributed by atoms with E-state index in [4.69, 9.17) is 5.73 Å². The summed E-state index contributed by atoms with van der Waals surface area (Å²) in [5.41, 5.74) is 5.81. The van der Waals surface area contributed by atoms with E-state index in [-0.39, 0.29) is 17.3 Å². The Morgan fingerprint density at radius 2 is 2.27 bits per heavy atom. The van der Waals surface area contributed by atoms with Crippen LogP contribution in [0.15, 0.2) is 11.0 Å². The maximum atomic E-state index is 11.6. The van der Waals surface area contributed by atoms with Crippen LogP contribution >= 0.6 is 0 Å². The second-order valence-corrected chi connectivity index (χ2v) is 3.36. The molecule has 2 heterocycles. The second kappa shape index (κ2) is 2.94. The minimum atomic E-state index is -0.386. The molecule has 0 aliphatic carbocycles. The van der Waals surface area contributed by atoms with Gasteiger partial charge in [-0.2, -0.15) is 4.98 Å². The molecule has 2 aromatic heterocycles. The maximum absolute atomic E-state index is 11.6. The third-order valence-corrected chi connectivity index (χ3v) is 2.22. The summed E-state index contributed by atoms with van der Waals surface area (Å²) in [5, 5.41) is 0.291. The molecule has 0 saturated carbocycles. The summed E-state index contributed by atoms with van der Waals surface area (Å²) in [5.74, 6) is -0.124. The lowest BCUT2D eigenvalue weighted by Gasteiger charge is -1.95. The van der Waals surface area contributed by atoms with E-state index in [2.05, 4.69) is 9.97 Å². The van der Waals surface area contributed by atoms with Crippen molar-refractivity contribution >= 4 is 22.8 Å². The fourth-order valence-electron chi connectivity index (χ4n) is 1.56. The van der Waals surface area contributed by atoms with Gasteiger partial charge in [-0.25, -0.2) is 0 Å². The first-order valence-corrected chi connectivity index (χ1v) is 4.36. The summed E-state index contributed by atoms with van der Waals surface area (Å²) in [6.45, 7) is 1.41. The Kier molecular flexibility index (Phi) is 1.85. The van der Waals surface area contributed by atoms with Crippen molar-refractivity contribution in [1.82, 2.24) is 14.5 Å². The monoisotopic (exact) mass is 206 g/mol. The molecule has 0 unspecified atom stereocenters. The third kappa shape index (κ3) is 1.30. The number of hydrogen-bond donors (Lipinski definition) is 2. The summed E-state index contributed by atoms with van der Waals surface area (Å²) in [7, 11) is 1.71. The number of nitrogens with one attached hydrogen (secondary N) is 1. The SMILES string of the molecule is CC(=O)c1cn(C)c2nc(N)[nH]c(=O)c12. The molecule has 2 rings (SSSR count). The zero-order chi connectivity index (χ0) is 11.2. The van der Waals surface area contributed by atoms with Crippen LogP contribution in [0.5, 0.6) is 0 Å². The Balaban J connectivity index is 3.00. The van der Waals surface area contributed by atoms with Gasteiger partial charge in [0.25, 0.3) is 5.56 Å². The van der Waals surface area contributed by atoms with E-state index in [0.29, 0.717) is 16.6 Å². The van der Waals surface area contributed by atoms with Crippen LogP contribution < -0.4 is 11.3 Å². The molecule has 2 aromatic rings. The molecule has 0 aliphatic heterocycles. The Hall–Kier alpha value is -2.11. The van der Waals surface area contributed by atoms with Crippen LogP contribution in [0.1, 0.15) is 17.3 Å². The van der Waals surface area contributed by atoms with Crippen molar-refractivity contribution in [1.29, 1.82) is 0 Å². The third-order valence-electron chi connectivity index (χ3n) is 2.22. The highest BCUT2D eigenvalue weighted by atomic mass is 16.1. The van der Waals surface area contributed by atoms with Crippen molar-refractivity contribution in [2.24, 2.45) is 7.05 Å². The predicted octanol–water partition coefficient (Wildman–Crippen LogP) is 0.0464. The molecule has 15 heavy (non-hydrogen) atoms. The van der Waals surface area contributed by atoms with Crippen molar-refractivity contribution in [3.63, 3.8) is 0 Å².